The SMILES string of the molecule is CCOC(=O)Nc1cc(S(=O)(=O)N(CC[C@H](Cc2cccc(O)c2)NC(=O)[C@@H](C(C)C)N2CCN(Cc3csc(C)n3)C2=O)CC(C)C)ccc1O. The molecule has 0 aliphatic carbocycles. The van der Waals surface area contributed by atoms with Crippen molar-refractivity contribution in [1.29, 1.82) is 0 Å². The molecule has 2 aromatic carbocycles. The minimum absolute atomic E-state index is 0.0155. The summed E-state index contributed by atoms with van der Waals surface area (Å²) in [5.41, 5.74) is 1.42. The number of anilines is 1. The second-order valence-corrected chi connectivity index (χ2v) is 16.6. The van der Waals surface area contributed by atoms with E-state index in [9.17, 15) is 33.0 Å². The molecule has 16 heteroatoms. The Morgan fingerprint density at radius 3 is 2.48 bits per heavy atom. The van der Waals surface area contributed by atoms with Crippen LogP contribution in [0.15, 0.2) is 52.7 Å². The largest absolute Gasteiger partial charge is 0.508 e. The molecular formula is C36H50N6O8S2. The van der Waals surface area contributed by atoms with Crippen LogP contribution in [0.4, 0.5) is 15.3 Å². The van der Waals surface area contributed by atoms with Crippen LogP contribution in [0.1, 0.15) is 57.3 Å². The number of carbonyl (C=O) groups is 3. The van der Waals surface area contributed by atoms with Crippen molar-refractivity contribution in [3.05, 3.63) is 64.1 Å². The van der Waals surface area contributed by atoms with E-state index in [2.05, 4.69) is 15.6 Å². The van der Waals surface area contributed by atoms with Crippen LogP contribution in [0.2, 0.25) is 0 Å². The Morgan fingerprint density at radius 2 is 1.85 bits per heavy atom. The summed E-state index contributed by atoms with van der Waals surface area (Å²) < 4.78 is 34.4. The predicted octanol–water partition coefficient (Wildman–Crippen LogP) is 5.16. The number of urea groups is 1. The Hall–Kier alpha value is -4.41. The highest BCUT2D eigenvalue weighted by Gasteiger charge is 2.40. The number of hydrogen-bond donors (Lipinski definition) is 4. The summed E-state index contributed by atoms with van der Waals surface area (Å²) >= 11 is 1.52. The Bertz CT molecular complexity index is 1820. The molecule has 284 valence electrons. The highest BCUT2D eigenvalue weighted by molar-refractivity contribution is 7.89. The minimum Gasteiger partial charge on any atom is -0.508 e. The summed E-state index contributed by atoms with van der Waals surface area (Å²) in [4.78, 5) is 47.4. The molecule has 2 heterocycles. The lowest BCUT2D eigenvalue weighted by molar-refractivity contribution is -0.127. The summed E-state index contributed by atoms with van der Waals surface area (Å²) in [5.74, 6) is -0.910. The molecule has 4 amide bonds. The Morgan fingerprint density at radius 1 is 1.10 bits per heavy atom. The van der Waals surface area contributed by atoms with Crippen molar-refractivity contribution >= 4 is 45.1 Å². The van der Waals surface area contributed by atoms with Crippen LogP contribution >= 0.6 is 11.3 Å². The number of sulfonamides is 1. The quantitative estimate of drug-likeness (QED) is 0.135. The fraction of sp³-hybridized carbons (Fsp3) is 0.500. The van der Waals surface area contributed by atoms with Gasteiger partial charge in [-0.25, -0.2) is 23.0 Å². The summed E-state index contributed by atoms with van der Waals surface area (Å²) in [7, 11) is -4.15. The van der Waals surface area contributed by atoms with Gasteiger partial charge in [-0.2, -0.15) is 4.31 Å². The number of phenolic OH excluding ortho intramolecular Hbond substituents is 2. The number of phenols is 2. The molecule has 0 saturated carbocycles. The van der Waals surface area contributed by atoms with Crippen molar-refractivity contribution in [2.24, 2.45) is 11.8 Å². The number of aryl methyl sites for hydroxylation is 1. The molecule has 0 spiro atoms. The van der Waals surface area contributed by atoms with Crippen LogP contribution in [-0.4, -0.2) is 101 Å². The summed E-state index contributed by atoms with van der Waals surface area (Å²) in [6.07, 6.45) is -0.348. The molecule has 4 rings (SSSR count). The van der Waals surface area contributed by atoms with E-state index in [4.69, 9.17) is 4.74 Å². The van der Waals surface area contributed by atoms with E-state index in [-0.39, 0.29) is 78.4 Å². The number of aromatic hydroxyl groups is 2. The lowest BCUT2D eigenvalue weighted by Gasteiger charge is -2.32. The highest BCUT2D eigenvalue weighted by atomic mass is 32.2. The number of hydrogen-bond acceptors (Lipinski definition) is 10. The topological polar surface area (TPSA) is 182 Å². The normalized spacial score (nSPS) is 14.7. The molecule has 0 radical (unpaired) electrons. The van der Waals surface area contributed by atoms with Gasteiger partial charge in [0.05, 0.1) is 34.4 Å². The van der Waals surface area contributed by atoms with E-state index in [1.165, 1.54) is 33.8 Å². The van der Waals surface area contributed by atoms with E-state index in [0.717, 1.165) is 16.3 Å². The van der Waals surface area contributed by atoms with Gasteiger partial charge in [-0.1, -0.05) is 39.8 Å². The van der Waals surface area contributed by atoms with Crippen molar-refractivity contribution in [3.63, 3.8) is 0 Å². The molecule has 1 aliphatic rings. The van der Waals surface area contributed by atoms with Crippen molar-refractivity contribution in [2.45, 2.75) is 77.9 Å². The average molecular weight is 759 g/mol. The van der Waals surface area contributed by atoms with Crippen LogP contribution in [0.5, 0.6) is 11.5 Å². The molecule has 1 fully saturated rings. The Labute approximate surface area is 309 Å². The first-order valence-corrected chi connectivity index (χ1v) is 19.7. The van der Waals surface area contributed by atoms with E-state index >= 15 is 0 Å². The first kappa shape index (κ1) is 40.4. The smallest absolute Gasteiger partial charge is 0.411 e. The number of ether oxygens (including phenoxy) is 1. The number of thiazole rings is 1. The Kier molecular flexibility index (Phi) is 13.9. The molecule has 2 atom stereocenters. The molecule has 3 aromatic rings. The molecule has 1 aromatic heterocycles. The fourth-order valence-electron chi connectivity index (χ4n) is 6.19. The second-order valence-electron chi connectivity index (χ2n) is 13.6. The van der Waals surface area contributed by atoms with Crippen LogP contribution < -0.4 is 10.6 Å². The maximum Gasteiger partial charge on any atom is 0.411 e. The third kappa shape index (κ3) is 10.6. The maximum absolute atomic E-state index is 14.1. The maximum atomic E-state index is 14.1. The number of rotatable bonds is 17. The monoisotopic (exact) mass is 758 g/mol. The van der Waals surface area contributed by atoms with Crippen molar-refractivity contribution in [2.75, 3.05) is 38.1 Å². The van der Waals surface area contributed by atoms with Gasteiger partial charge in [0, 0.05) is 37.6 Å². The number of carbonyl (C=O) groups excluding carboxylic acids is 3. The number of nitrogens with one attached hydrogen (secondary N) is 2. The first-order valence-electron chi connectivity index (χ1n) is 17.4. The summed E-state index contributed by atoms with van der Waals surface area (Å²) in [6, 6.07) is 8.69. The molecule has 14 nitrogen and oxygen atoms in total. The van der Waals surface area contributed by atoms with E-state index in [1.54, 1.807) is 34.9 Å². The molecule has 0 unspecified atom stereocenters. The van der Waals surface area contributed by atoms with Gasteiger partial charge in [0.1, 0.15) is 17.5 Å². The van der Waals surface area contributed by atoms with Gasteiger partial charge in [0.25, 0.3) is 0 Å². The third-order valence-electron chi connectivity index (χ3n) is 8.54. The van der Waals surface area contributed by atoms with Gasteiger partial charge in [-0.3, -0.25) is 10.1 Å². The standard InChI is InChI=1S/C36H50N6O8S2/c1-7-50-35(46)39-31-19-30(11-12-32(31)44)52(48,49)41(20-23(2)3)14-13-27(17-26-9-8-10-29(43)18-26)38-34(45)33(24(4)5)42-16-15-40(36(42)47)21-28-22-51-25(6)37-28/h8-12,18-19,22-24,27,33,43-44H,7,13-17,20-21H2,1-6H3,(H,38,45)(H,39,46)/t27-,33-/m1/s1. The van der Waals surface area contributed by atoms with Gasteiger partial charge < -0.3 is 30.1 Å². The molecular weight excluding hydrogens is 709 g/mol. The third-order valence-corrected chi connectivity index (χ3v) is 11.2. The first-order chi connectivity index (χ1) is 24.6. The van der Waals surface area contributed by atoms with E-state index < -0.39 is 28.2 Å². The molecule has 1 saturated heterocycles. The van der Waals surface area contributed by atoms with Gasteiger partial charge >= 0.3 is 12.1 Å². The van der Waals surface area contributed by atoms with E-state index in [1.807, 2.05) is 46.1 Å². The Balaban J connectivity index is 1.57. The second kappa shape index (κ2) is 17.9. The number of nitrogens with zero attached hydrogens (tertiary/aromatic N) is 4. The zero-order valence-electron chi connectivity index (χ0n) is 30.5. The zero-order valence-corrected chi connectivity index (χ0v) is 32.2. The molecule has 52 heavy (non-hydrogen) atoms. The number of amides is 4. The average Bonchev–Trinajstić information content (AvgIpc) is 3.64. The van der Waals surface area contributed by atoms with Gasteiger partial charge in [-0.05, 0) is 74.4 Å². The lowest BCUT2D eigenvalue weighted by atomic mass is 9.99. The van der Waals surface area contributed by atoms with Crippen LogP contribution in [0, 0.1) is 18.8 Å². The fourth-order valence-corrected chi connectivity index (χ4v) is 8.43. The van der Waals surface area contributed by atoms with Gasteiger partial charge in [0.15, 0.2) is 0 Å². The molecule has 1 aliphatic heterocycles. The van der Waals surface area contributed by atoms with Crippen molar-refractivity contribution < 1.29 is 37.8 Å². The van der Waals surface area contributed by atoms with Gasteiger partial charge in [0.2, 0.25) is 15.9 Å². The van der Waals surface area contributed by atoms with Crippen LogP contribution in [-0.2, 0) is 32.5 Å². The van der Waals surface area contributed by atoms with Crippen molar-refractivity contribution in [3.8, 4) is 11.5 Å². The summed E-state index contributed by atoms with van der Waals surface area (Å²) in [6.45, 7) is 12.5. The van der Waals surface area contributed by atoms with Crippen molar-refractivity contribution in [1.82, 2.24) is 24.4 Å². The highest BCUT2D eigenvalue weighted by Crippen LogP contribution is 2.29. The van der Waals surface area contributed by atoms with E-state index in [0.29, 0.717) is 19.6 Å². The predicted molar refractivity (Wildman–Crippen MR) is 199 cm³/mol. The number of benzene rings is 2. The zero-order chi connectivity index (χ0) is 38.2. The number of aromatic nitrogens is 1. The summed E-state index contributed by atoms with van der Waals surface area (Å²) in [5, 5.41) is 28.8. The van der Waals surface area contributed by atoms with Crippen LogP contribution in [0.25, 0.3) is 0 Å². The molecule has 0 bridgehead atoms. The van der Waals surface area contributed by atoms with Gasteiger partial charge in [-0.15, -0.1) is 11.3 Å². The van der Waals surface area contributed by atoms with Crippen LogP contribution in [0.3, 0.4) is 0 Å². The minimum atomic E-state index is -4.15. The molecule has 4 N–H and O–H groups in total. The lowest BCUT2D eigenvalue weighted by Crippen LogP contribution is -2.54.